The van der Waals surface area contributed by atoms with Gasteiger partial charge in [-0.05, 0) is 57.0 Å². The summed E-state index contributed by atoms with van der Waals surface area (Å²) in [6.07, 6.45) is 6.23. The second kappa shape index (κ2) is 5.59. The maximum Gasteiger partial charge on any atom is 0.238 e. The third-order valence-electron chi connectivity index (χ3n) is 4.89. The Kier molecular flexibility index (Phi) is 3.94. The van der Waals surface area contributed by atoms with Crippen molar-refractivity contribution < 1.29 is 8.42 Å². The van der Waals surface area contributed by atoms with Gasteiger partial charge in [-0.1, -0.05) is 6.42 Å². The van der Waals surface area contributed by atoms with Crippen molar-refractivity contribution >= 4 is 15.7 Å². The minimum Gasteiger partial charge on any atom is -0.382 e. The van der Waals surface area contributed by atoms with Crippen molar-refractivity contribution in [3.63, 3.8) is 0 Å². The number of rotatable bonds is 3. The number of nitrogens with two attached hydrogens (primary N) is 1. The fraction of sp³-hybridized carbons (Fsp3) is 0.600. The van der Waals surface area contributed by atoms with Crippen LogP contribution in [0.15, 0.2) is 29.2 Å². The lowest BCUT2D eigenvalue weighted by Crippen LogP contribution is -2.52. The normalized spacial score (nSPS) is 30.1. The Balaban J connectivity index is 1.67. The molecule has 2 bridgehead atoms. The fourth-order valence-electron chi connectivity index (χ4n) is 3.71. The molecule has 1 aromatic carbocycles. The molecule has 0 spiro atoms. The second-order valence-electron chi connectivity index (χ2n) is 6.29. The van der Waals surface area contributed by atoms with Crippen LogP contribution < -0.4 is 10.5 Å². The van der Waals surface area contributed by atoms with Gasteiger partial charge in [0.2, 0.25) is 10.0 Å². The molecule has 3 rings (SSSR count). The van der Waals surface area contributed by atoms with E-state index < -0.39 is 10.0 Å². The monoisotopic (exact) mass is 309 g/mol. The zero-order chi connectivity index (χ0) is 15.0. The lowest BCUT2D eigenvalue weighted by atomic mass is 9.82. The predicted octanol–water partition coefficient (Wildman–Crippen LogP) is 1.76. The number of hydrogen-bond acceptors (Lipinski definition) is 4. The number of primary sulfonamides is 1. The Hall–Kier alpha value is -1.11. The van der Waals surface area contributed by atoms with Gasteiger partial charge in [0.05, 0.1) is 4.90 Å². The van der Waals surface area contributed by atoms with Crippen LogP contribution in [0.3, 0.4) is 0 Å². The Bertz CT molecular complexity index is 586. The Morgan fingerprint density at radius 3 is 2.24 bits per heavy atom. The molecule has 2 saturated heterocycles. The summed E-state index contributed by atoms with van der Waals surface area (Å²) in [6, 6.07) is 8.55. The van der Waals surface area contributed by atoms with E-state index in [0.29, 0.717) is 18.1 Å². The molecular weight excluding hydrogens is 286 g/mol. The van der Waals surface area contributed by atoms with Crippen molar-refractivity contribution in [2.75, 3.05) is 12.4 Å². The zero-order valence-corrected chi connectivity index (χ0v) is 13.1. The van der Waals surface area contributed by atoms with Crippen molar-refractivity contribution in [2.45, 2.75) is 55.1 Å². The molecule has 6 heteroatoms. The van der Waals surface area contributed by atoms with E-state index in [2.05, 4.69) is 17.3 Å². The number of piperidine rings is 2. The van der Waals surface area contributed by atoms with Crippen molar-refractivity contribution in [3.05, 3.63) is 24.3 Å². The molecular formula is C15H23N3O2S. The van der Waals surface area contributed by atoms with Gasteiger partial charge >= 0.3 is 0 Å². The number of nitrogens with one attached hydrogen (secondary N) is 1. The smallest absolute Gasteiger partial charge is 0.238 e. The molecule has 2 heterocycles. The molecule has 3 N–H and O–H groups in total. The highest BCUT2D eigenvalue weighted by atomic mass is 32.2. The van der Waals surface area contributed by atoms with E-state index in [1.54, 1.807) is 24.3 Å². The van der Waals surface area contributed by atoms with Crippen LogP contribution in [-0.2, 0) is 10.0 Å². The van der Waals surface area contributed by atoms with Crippen LogP contribution in [0, 0.1) is 0 Å². The highest BCUT2D eigenvalue weighted by molar-refractivity contribution is 7.89. The van der Waals surface area contributed by atoms with Gasteiger partial charge in [-0.2, -0.15) is 0 Å². The van der Waals surface area contributed by atoms with Gasteiger partial charge in [0.15, 0.2) is 0 Å². The van der Waals surface area contributed by atoms with E-state index in [0.717, 1.165) is 18.5 Å². The molecule has 2 aliphatic heterocycles. The first kappa shape index (κ1) is 14.8. The van der Waals surface area contributed by atoms with Gasteiger partial charge in [0.25, 0.3) is 0 Å². The second-order valence-corrected chi connectivity index (χ2v) is 7.85. The van der Waals surface area contributed by atoms with E-state index >= 15 is 0 Å². The molecule has 0 amide bonds. The topological polar surface area (TPSA) is 75.4 Å². The van der Waals surface area contributed by atoms with E-state index in [-0.39, 0.29) is 4.90 Å². The quantitative estimate of drug-likeness (QED) is 0.892. The van der Waals surface area contributed by atoms with Crippen LogP contribution in [-0.4, -0.2) is 38.5 Å². The van der Waals surface area contributed by atoms with Crippen LogP contribution in [0.1, 0.15) is 32.1 Å². The molecule has 2 aliphatic rings. The number of anilines is 1. The van der Waals surface area contributed by atoms with E-state index in [1.165, 1.54) is 19.3 Å². The molecule has 21 heavy (non-hydrogen) atoms. The lowest BCUT2D eigenvalue weighted by molar-refractivity contribution is 0.0608. The average molecular weight is 309 g/mol. The number of fused-ring (bicyclic) bond motifs is 2. The van der Waals surface area contributed by atoms with Gasteiger partial charge in [-0.3, -0.25) is 0 Å². The summed E-state index contributed by atoms with van der Waals surface area (Å²) in [5.74, 6) is 0. The van der Waals surface area contributed by atoms with E-state index in [4.69, 9.17) is 5.14 Å². The molecule has 5 nitrogen and oxygen atoms in total. The van der Waals surface area contributed by atoms with Crippen molar-refractivity contribution in [3.8, 4) is 0 Å². The van der Waals surface area contributed by atoms with Crippen LogP contribution in [0.5, 0.6) is 0 Å². The maximum atomic E-state index is 11.3. The number of sulfonamides is 1. The Morgan fingerprint density at radius 1 is 1.14 bits per heavy atom. The summed E-state index contributed by atoms with van der Waals surface area (Å²) in [5.41, 5.74) is 0.968. The number of benzene rings is 1. The molecule has 0 saturated carbocycles. The van der Waals surface area contributed by atoms with Crippen molar-refractivity contribution in [2.24, 2.45) is 5.14 Å². The summed E-state index contributed by atoms with van der Waals surface area (Å²) in [6.45, 7) is 0. The fourth-order valence-corrected chi connectivity index (χ4v) is 4.23. The van der Waals surface area contributed by atoms with Crippen molar-refractivity contribution in [1.82, 2.24) is 4.90 Å². The molecule has 2 unspecified atom stereocenters. The van der Waals surface area contributed by atoms with E-state index in [1.807, 2.05) is 0 Å². The van der Waals surface area contributed by atoms with Gasteiger partial charge in [0, 0.05) is 23.8 Å². The summed E-state index contributed by atoms with van der Waals surface area (Å²) in [7, 11) is -1.37. The molecule has 0 aliphatic carbocycles. The summed E-state index contributed by atoms with van der Waals surface area (Å²) >= 11 is 0. The zero-order valence-electron chi connectivity index (χ0n) is 12.3. The molecule has 2 atom stereocenters. The maximum absolute atomic E-state index is 11.3. The van der Waals surface area contributed by atoms with Crippen LogP contribution in [0.2, 0.25) is 0 Å². The Morgan fingerprint density at radius 2 is 1.71 bits per heavy atom. The van der Waals surface area contributed by atoms with Crippen LogP contribution >= 0.6 is 0 Å². The van der Waals surface area contributed by atoms with Gasteiger partial charge in [0.1, 0.15) is 0 Å². The highest BCUT2D eigenvalue weighted by Gasteiger charge is 2.35. The summed E-state index contributed by atoms with van der Waals surface area (Å²) in [5, 5.41) is 8.66. The first-order valence-corrected chi connectivity index (χ1v) is 9.09. The summed E-state index contributed by atoms with van der Waals surface area (Å²) < 4.78 is 22.5. The Labute approximate surface area is 126 Å². The van der Waals surface area contributed by atoms with Crippen molar-refractivity contribution in [1.29, 1.82) is 0 Å². The van der Waals surface area contributed by atoms with Crippen LogP contribution in [0.25, 0.3) is 0 Å². The standard InChI is InChI=1S/C15H23N3O2S/c1-18-13-3-2-4-14(18)10-12(9-13)17-11-5-7-15(8-6-11)21(16,19)20/h5-8,12-14,17H,2-4,9-10H2,1H3,(H2,16,19,20). The van der Waals surface area contributed by atoms with Gasteiger partial charge < -0.3 is 10.2 Å². The first-order valence-electron chi connectivity index (χ1n) is 7.55. The van der Waals surface area contributed by atoms with Gasteiger partial charge in [-0.15, -0.1) is 0 Å². The molecule has 0 aromatic heterocycles. The predicted molar refractivity (Wildman–Crippen MR) is 83.6 cm³/mol. The van der Waals surface area contributed by atoms with Gasteiger partial charge in [-0.25, -0.2) is 13.6 Å². The van der Waals surface area contributed by atoms with Crippen LogP contribution in [0.4, 0.5) is 5.69 Å². The first-order chi connectivity index (χ1) is 9.93. The molecule has 1 aromatic rings. The summed E-state index contributed by atoms with van der Waals surface area (Å²) in [4.78, 5) is 2.69. The van der Waals surface area contributed by atoms with E-state index in [9.17, 15) is 8.42 Å². The lowest BCUT2D eigenvalue weighted by Gasteiger charge is -2.47. The third-order valence-corrected chi connectivity index (χ3v) is 5.82. The molecule has 2 fully saturated rings. The minimum absolute atomic E-state index is 0.160. The largest absolute Gasteiger partial charge is 0.382 e. The highest BCUT2D eigenvalue weighted by Crippen LogP contribution is 2.33. The SMILES string of the molecule is CN1C2CCCC1CC(Nc1ccc(S(N)(=O)=O)cc1)C2. The number of hydrogen-bond donors (Lipinski definition) is 2. The molecule has 0 radical (unpaired) electrons. The number of nitrogens with zero attached hydrogens (tertiary/aromatic N) is 1. The third kappa shape index (κ3) is 3.22. The average Bonchev–Trinajstić information content (AvgIpc) is 2.39. The molecule has 116 valence electrons. The minimum atomic E-state index is -3.61.